The van der Waals surface area contributed by atoms with E-state index in [2.05, 4.69) is 236 Å². The fraction of sp³-hybridized carbons (Fsp3) is 0. The molecular formula is C60H36N4. The van der Waals surface area contributed by atoms with Crippen molar-refractivity contribution in [2.24, 2.45) is 0 Å². The first-order chi connectivity index (χ1) is 31.8. The summed E-state index contributed by atoms with van der Waals surface area (Å²) in [5.41, 5.74) is 19.2. The van der Waals surface area contributed by atoms with E-state index in [4.69, 9.17) is 0 Å². The molecule has 15 aromatic rings. The summed E-state index contributed by atoms with van der Waals surface area (Å²) < 4.78 is 9.91. The van der Waals surface area contributed by atoms with Gasteiger partial charge in [0.2, 0.25) is 0 Å². The molecule has 64 heavy (non-hydrogen) atoms. The van der Waals surface area contributed by atoms with Gasteiger partial charge in [-0.1, -0.05) is 133 Å². The first kappa shape index (κ1) is 34.0. The summed E-state index contributed by atoms with van der Waals surface area (Å²) >= 11 is 0. The molecule has 0 aliphatic heterocycles. The van der Waals surface area contributed by atoms with Gasteiger partial charge in [-0.2, -0.15) is 0 Å². The molecule has 0 radical (unpaired) electrons. The first-order valence-electron chi connectivity index (χ1n) is 22.1. The fourth-order valence-corrected chi connectivity index (χ4v) is 11.4. The Kier molecular flexibility index (Phi) is 6.65. The third-order valence-electron chi connectivity index (χ3n) is 14.0. The molecule has 296 valence electrons. The van der Waals surface area contributed by atoms with Gasteiger partial charge >= 0.3 is 0 Å². The van der Waals surface area contributed by atoms with Gasteiger partial charge in [-0.05, 0) is 107 Å². The smallest absolute Gasteiger partial charge is 0.0783 e. The van der Waals surface area contributed by atoms with Crippen molar-refractivity contribution in [2.75, 3.05) is 0 Å². The minimum atomic E-state index is 1.15. The Morgan fingerprint density at radius 1 is 0.203 bits per heavy atom. The van der Waals surface area contributed by atoms with E-state index in [9.17, 15) is 0 Å². The van der Waals surface area contributed by atoms with Crippen molar-refractivity contribution >= 4 is 98.3 Å². The molecule has 0 amide bonds. The highest BCUT2D eigenvalue weighted by Gasteiger charge is 2.23. The van der Waals surface area contributed by atoms with Gasteiger partial charge in [0.15, 0.2) is 0 Å². The maximum Gasteiger partial charge on any atom is 0.0783 e. The Labute approximate surface area is 366 Å². The molecule has 0 unspecified atom stereocenters. The summed E-state index contributed by atoms with van der Waals surface area (Å²) in [5.74, 6) is 0. The molecule has 4 heteroatoms. The van der Waals surface area contributed by atoms with Crippen LogP contribution in [0.5, 0.6) is 0 Å². The summed E-state index contributed by atoms with van der Waals surface area (Å²) in [6, 6.07) is 80.8. The maximum absolute atomic E-state index is 2.54. The van der Waals surface area contributed by atoms with Gasteiger partial charge in [0.1, 0.15) is 0 Å². The number of rotatable bonds is 4. The lowest BCUT2D eigenvalue weighted by Crippen LogP contribution is -1.99. The monoisotopic (exact) mass is 812 g/mol. The highest BCUT2D eigenvalue weighted by molar-refractivity contribution is 6.23. The quantitative estimate of drug-likeness (QED) is 0.158. The van der Waals surface area contributed by atoms with E-state index in [1.54, 1.807) is 0 Å². The Morgan fingerprint density at radius 3 is 0.875 bits per heavy atom. The molecule has 0 saturated heterocycles. The van der Waals surface area contributed by atoms with Crippen LogP contribution in [0, 0.1) is 0 Å². The van der Waals surface area contributed by atoms with E-state index in [0.717, 1.165) is 11.4 Å². The second-order valence-corrected chi connectivity index (χ2v) is 17.3. The van der Waals surface area contributed by atoms with E-state index >= 15 is 0 Å². The number of aromatic nitrogens is 4. The molecule has 4 nitrogen and oxygen atoms in total. The second-order valence-electron chi connectivity index (χ2n) is 17.3. The predicted molar refractivity (Wildman–Crippen MR) is 269 cm³/mol. The lowest BCUT2D eigenvalue weighted by molar-refractivity contribution is 1.18. The second kappa shape index (κ2) is 12.5. The van der Waals surface area contributed by atoms with Gasteiger partial charge in [-0.15, -0.1) is 0 Å². The van der Waals surface area contributed by atoms with Crippen molar-refractivity contribution in [1.82, 2.24) is 17.9 Å². The molecule has 15 rings (SSSR count). The number of fused-ring (bicyclic) bond motifs is 14. The fourth-order valence-electron chi connectivity index (χ4n) is 11.4. The zero-order valence-corrected chi connectivity index (χ0v) is 34.6. The maximum atomic E-state index is 2.54. The molecule has 0 N–H and O–H groups in total. The van der Waals surface area contributed by atoms with Crippen molar-refractivity contribution in [1.29, 1.82) is 0 Å². The highest BCUT2D eigenvalue weighted by Crippen LogP contribution is 2.45. The van der Waals surface area contributed by atoms with Crippen molar-refractivity contribution in [3.05, 3.63) is 218 Å². The van der Waals surface area contributed by atoms with Gasteiger partial charge in [-0.25, -0.2) is 0 Å². The Balaban J connectivity index is 0.999. The predicted octanol–water partition coefficient (Wildman–Crippen LogP) is 15.8. The summed E-state index contributed by atoms with van der Waals surface area (Å²) in [6.45, 7) is 0. The van der Waals surface area contributed by atoms with Crippen molar-refractivity contribution < 1.29 is 0 Å². The largest absolute Gasteiger partial charge is 0.309 e. The van der Waals surface area contributed by atoms with Crippen LogP contribution in [0.15, 0.2) is 218 Å². The van der Waals surface area contributed by atoms with E-state index in [1.165, 1.54) is 121 Å². The molecule has 5 heterocycles. The van der Waals surface area contributed by atoms with E-state index < -0.39 is 0 Å². The molecular weight excluding hydrogens is 777 g/mol. The van der Waals surface area contributed by atoms with Crippen LogP contribution in [-0.4, -0.2) is 17.9 Å². The molecule has 10 aromatic carbocycles. The van der Waals surface area contributed by atoms with Gasteiger partial charge in [-0.3, -0.25) is 0 Å². The minimum Gasteiger partial charge on any atom is -0.309 e. The SMILES string of the molecule is c1cc(-c2cc3c4ccccc4n4c5cc(-c6cccc(-n7c8ccccc8c8ccccc87)c6)cc6c7ccccc7n(c(c2)c34)c65)cc(-n2c3ccccc3c3ccccc32)c1. The highest BCUT2D eigenvalue weighted by atomic mass is 15.0. The van der Waals surface area contributed by atoms with Crippen LogP contribution in [0.3, 0.4) is 0 Å². The third kappa shape index (κ3) is 4.46. The van der Waals surface area contributed by atoms with Gasteiger partial charge in [0, 0.05) is 54.5 Å². The summed E-state index contributed by atoms with van der Waals surface area (Å²) in [6.07, 6.45) is 0. The summed E-state index contributed by atoms with van der Waals surface area (Å²) in [5, 5.41) is 10.1. The lowest BCUT2D eigenvalue weighted by Gasteiger charge is -2.15. The molecule has 0 saturated carbocycles. The Morgan fingerprint density at radius 2 is 0.516 bits per heavy atom. The number of hydrogen-bond donors (Lipinski definition) is 0. The number of benzene rings is 10. The molecule has 5 aromatic heterocycles. The van der Waals surface area contributed by atoms with Crippen LogP contribution < -0.4 is 0 Å². The summed E-state index contributed by atoms with van der Waals surface area (Å²) in [7, 11) is 0. The standard InChI is InChI=1S/C60H36N4/c1-7-25-51-43(19-1)44-20-2-8-26-52(44)61(51)41-17-13-15-37(31-41)39-33-49-47-23-5-11-29-55(47)64-58-36-40(34-50-48-24-6-12-30-56(48)63(60(50)58)57(35-39)59(49)64)38-16-14-18-42(32-38)62-53-27-9-3-21-45(53)46-22-4-10-28-54(46)62/h1-36H. The van der Waals surface area contributed by atoms with E-state index in [0.29, 0.717) is 0 Å². The van der Waals surface area contributed by atoms with Crippen LogP contribution in [0.2, 0.25) is 0 Å². The van der Waals surface area contributed by atoms with Gasteiger partial charge in [0.25, 0.3) is 0 Å². The lowest BCUT2D eigenvalue weighted by atomic mass is 10.00. The normalized spacial score (nSPS) is 12.4. The molecule has 0 aliphatic rings. The van der Waals surface area contributed by atoms with Crippen molar-refractivity contribution in [2.45, 2.75) is 0 Å². The minimum absolute atomic E-state index is 1.15. The van der Waals surface area contributed by atoms with Crippen LogP contribution in [0.4, 0.5) is 0 Å². The van der Waals surface area contributed by atoms with Crippen LogP contribution in [0.25, 0.3) is 132 Å². The molecule has 0 aliphatic carbocycles. The van der Waals surface area contributed by atoms with Gasteiger partial charge in [0.05, 0.1) is 55.2 Å². The average molecular weight is 813 g/mol. The number of nitrogens with zero attached hydrogens (tertiary/aromatic N) is 4. The average Bonchev–Trinajstić information content (AvgIpc) is 4.09. The zero-order valence-electron chi connectivity index (χ0n) is 34.6. The molecule has 0 spiro atoms. The number of para-hydroxylation sites is 6. The molecule has 0 fully saturated rings. The topological polar surface area (TPSA) is 18.7 Å². The summed E-state index contributed by atoms with van der Waals surface area (Å²) in [4.78, 5) is 0. The van der Waals surface area contributed by atoms with E-state index in [1.807, 2.05) is 0 Å². The van der Waals surface area contributed by atoms with Crippen molar-refractivity contribution in [3.63, 3.8) is 0 Å². The first-order valence-corrected chi connectivity index (χ1v) is 22.1. The Hall–Kier alpha value is -8.60. The molecule has 0 atom stereocenters. The van der Waals surface area contributed by atoms with Crippen LogP contribution in [-0.2, 0) is 0 Å². The van der Waals surface area contributed by atoms with E-state index in [-0.39, 0.29) is 0 Å². The Bertz CT molecular complexity index is 4040. The van der Waals surface area contributed by atoms with Crippen LogP contribution in [0.1, 0.15) is 0 Å². The third-order valence-corrected chi connectivity index (χ3v) is 14.0. The number of hydrogen-bond acceptors (Lipinski definition) is 0. The van der Waals surface area contributed by atoms with Crippen LogP contribution >= 0.6 is 0 Å². The zero-order chi connectivity index (χ0) is 41.6. The van der Waals surface area contributed by atoms with Crippen molar-refractivity contribution in [3.8, 4) is 33.6 Å². The van der Waals surface area contributed by atoms with Gasteiger partial charge < -0.3 is 17.9 Å². The molecule has 0 bridgehead atoms.